The fourth-order valence-electron chi connectivity index (χ4n) is 2.05. The molecule has 3 nitrogen and oxygen atoms in total. The molecule has 20 heavy (non-hydrogen) atoms. The summed E-state index contributed by atoms with van der Waals surface area (Å²) >= 11 is 0. The second-order valence-electron chi connectivity index (χ2n) is 5.03. The first kappa shape index (κ1) is 16.4. The molecule has 0 unspecified atom stereocenters. The van der Waals surface area contributed by atoms with Gasteiger partial charge in [-0.05, 0) is 38.0 Å². The third-order valence-corrected chi connectivity index (χ3v) is 3.14. The van der Waals surface area contributed by atoms with Crippen LogP contribution in [0, 0.1) is 6.92 Å². The van der Waals surface area contributed by atoms with Gasteiger partial charge in [0, 0.05) is 11.4 Å². The van der Waals surface area contributed by atoms with Gasteiger partial charge < -0.3 is 0 Å². The van der Waals surface area contributed by atoms with E-state index < -0.39 is 0 Å². The molecule has 0 spiro atoms. The molecule has 110 valence electrons. The second-order valence-corrected chi connectivity index (χ2v) is 5.03. The van der Waals surface area contributed by atoms with Crippen molar-refractivity contribution in [3.63, 3.8) is 0 Å². The molecular formula is C17H26N2O. The van der Waals surface area contributed by atoms with E-state index >= 15 is 0 Å². The zero-order valence-corrected chi connectivity index (χ0v) is 12.6. The monoisotopic (exact) mass is 274 g/mol. The third-order valence-electron chi connectivity index (χ3n) is 3.14. The fourth-order valence-corrected chi connectivity index (χ4v) is 2.05. The smallest absolute Gasteiger partial charge is 0.0620 e. The summed E-state index contributed by atoms with van der Waals surface area (Å²) in [5.41, 5.74) is 4.87. The van der Waals surface area contributed by atoms with E-state index in [2.05, 4.69) is 17.4 Å². The van der Waals surface area contributed by atoms with Crippen LogP contribution >= 0.6 is 0 Å². The Hall–Kier alpha value is -1.61. The number of anilines is 1. The molecule has 2 N–H and O–H groups in total. The predicted octanol–water partition coefficient (Wildman–Crippen LogP) is 4.83. The third kappa shape index (κ3) is 7.10. The van der Waals surface area contributed by atoms with Crippen LogP contribution in [0.1, 0.15) is 50.4 Å². The fraction of sp³-hybridized carbons (Fsp3) is 0.471. The zero-order valence-electron chi connectivity index (χ0n) is 12.6. The first-order valence-corrected chi connectivity index (χ1v) is 7.47. The molecule has 1 aromatic heterocycles. The molecule has 0 saturated carbocycles. The zero-order chi connectivity index (χ0) is 14.6. The molecule has 0 radical (unpaired) electrons. The highest BCUT2D eigenvalue weighted by molar-refractivity contribution is 5.39. The maximum atomic E-state index is 9.13. The van der Waals surface area contributed by atoms with E-state index in [9.17, 15) is 0 Å². The number of nitrogens with zero attached hydrogens (tertiary/aromatic N) is 1. The summed E-state index contributed by atoms with van der Waals surface area (Å²) in [7, 11) is 0. The molecule has 0 saturated heterocycles. The van der Waals surface area contributed by atoms with Crippen molar-refractivity contribution in [2.75, 3.05) is 5.48 Å². The highest BCUT2D eigenvalue weighted by Gasteiger charge is 1.96. The minimum atomic E-state index is 0.664. The minimum Gasteiger partial charge on any atom is -0.291 e. The molecule has 0 atom stereocenters. The maximum Gasteiger partial charge on any atom is 0.0620 e. The van der Waals surface area contributed by atoms with Gasteiger partial charge in [-0.2, -0.15) is 0 Å². The normalized spacial score (nSPS) is 9.95. The maximum absolute atomic E-state index is 9.13. The van der Waals surface area contributed by atoms with Crippen LogP contribution in [0.15, 0.2) is 36.4 Å². The van der Waals surface area contributed by atoms with Crippen LogP contribution in [0.3, 0.4) is 0 Å². The Morgan fingerprint density at radius 2 is 1.80 bits per heavy atom. The van der Waals surface area contributed by atoms with Crippen LogP contribution in [-0.2, 0) is 6.42 Å². The topological polar surface area (TPSA) is 45.1 Å². The molecule has 0 aliphatic carbocycles. The van der Waals surface area contributed by atoms with Gasteiger partial charge in [-0.1, -0.05) is 50.8 Å². The molecule has 0 fully saturated rings. The lowest BCUT2D eigenvalue weighted by Gasteiger charge is -2.02. The van der Waals surface area contributed by atoms with Crippen molar-refractivity contribution >= 4 is 5.69 Å². The van der Waals surface area contributed by atoms with Gasteiger partial charge in [-0.25, -0.2) is 0 Å². The predicted molar refractivity (Wildman–Crippen MR) is 84.5 cm³/mol. The van der Waals surface area contributed by atoms with Gasteiger partial charge in [-0.15, -0.1) is 0 Å². The summed E-state index contributed by atoms with van der Waals surface area (Å²) in [4.78, 5) is 4.62. The van der Waals surface area contributed by atoms with Gasteiger partial charge >= 0.3 is 0 Å². The number of hydrogen-bond acceptors (Lipinski definition) is 3. The quantitative estimate of drug-likeness (QED) is 0.553. The Morgan fingerprint density at radius 3 is 2.55 bits per heavy atom. The van der Waals surface area contributed by atoms with Crippen molar-refractivity contribution in [3.05, 3.63) is 47.8 Å². The van der Waals surface area contributed by atoms with E-state index in [1.54, 1.807) is 0 Å². The van der Waals surface area contributed by atoms with Gasteiger partial charge in [0.1, 0.15) is 0 Å². The van der Waals surface area contributed by atoms with Crippen molar-refractivity contribution < 1.29 is 5.21 Å². The first-order chi connectivity index (χ1) is 9.76. The lowest BCUT2D eigenvalue weighted by atomic mass is 10.1. The molecule has 0 aliphatic rings. The van der Waals surface area contributed by atoms with Crippen LogP contribution in [0.2, 0.25) is 0 Å². The highest BCUT2D eigenvalue weighted by atomic mass is 16.5. The first-order valence-electron chi connectivity index (χ1n) is 7.47. The van der Waals surface area contributed by atoms with E-state index in [0.29, 0.717) is 5.69 Å². The SMILES string of the molecule is CCCCCCCc1cc(NO)cccccc(C)n1. The van der Waals surface area contributed by atoms with Crippen LogP contribution in [0.4, 0.5) is 5.69 Å². The Morgan fingerprint density at radius 1 is 1.05 bits per heavy atom. The number of rotatable bonds is 7. The number of unbranched alkanes of at least 4 members (excludes halogenated alkanes) is 4. The molecular weight excluding hydrogens is 248 g/mol. The van der Waals surface area contributed by atoms with E-state index in [1.165, 1.54) is 25.7 Å². The minimum absolute atomic E-state index is 0.664. The summed E-state index contributed by atoms with van der Waals surface area (Å²) in [6, 6.07) is 11.5. The summed E-state index contributed by atoms with van der Waals surface area (Å²) in [5, 5.41) is 9.13. The lowest BCUT2D eigenvalue weighted by Crippen LogP contribution is -1.93. The van der Waals surface area contributed by atoms with E-state index in [-0.39, 0.29) is 0 Å². The van der Waals surface area contributed by atoms with E-state index in [4.69, 9.17) is 5.21 Å². The highest BCUT2D eigenvalue weighted by Crippen LogP contribution is 2.10. The van der Waals surface area contributed by atoms with Gasteiger partial charge in [0.2, 0.25) is 0 Å². The molecule has 1 rings (SSSR count). The average molecular weight is 274 g/mol. The van der Waals surface area contributed by atoms with Crippen LogP contribution in [0.25, 0.3) is 0 Å². The molecule has 1 heterocycles. The largest absolute Gasteiger partial charge is 0.291 e. The number of aryl methyl sites for hydroxylation is 2. The molecule has 3 heteroatoms. The molecule has 0 aromatic carbocycles. The van der Waals surface area contributed by atoms with Crippen molar-refractivity contribution in [1.29, 1.82) is 0 Å². The summed E-state index contributed by atoms with van der Waals surface area (Å²) in [5.74, 6) is 0. The van der Waals surface area contributed by atoms with Crippen molar-refractivity contribution in [2.24, 2.45) is 0 Å². The van der Waals surface area contributed by atoms with Crippen molar-refractivity contribution in [1.82, 2.24) is 4.98 Å². The van der Waals surface area contributed by atoms with Gasteiger partial charge in [-0.3, -0.25) is 15.7 Å². The second kappa shape index (κ2) is 10.2. The summed E-state index contributed by atoms with van der Waals surface area (Å²) in [6.07, 6.45) is 7.17. The van der Waals surface area contributed by atoms with E-state index in [0.717, 1.165) is 24.2 Å². The lowest BCUT2D eigenvalue weighted by molar-refractivity contribution is 0.389. The van der Waals surface area contributed by atoms with Gasteiger partial charge in [0.15, 0.2) is 0 Å². The molecule has 0 bridgehead atoms. The molecule has 0 aliphatic heterocycles. The van der Waals surface area contributed by atoms with Crippen LogP contribution in [0.5, 0.6) is 0 Å². The number of hydrogen-bond donors (Lipinski definition) is 2. The number of nitrogens with one attached hydrogen (secondary N) is 1. The van der Waals surface area contributed by atoms with Crippen molar-refractivity contribution in [3.8, 4) is 0 Å². The van der Waals surface area contributed by atoms with Crippen LogP contribution in [-0.4, -0.2) is 10.2 Å². The summed E-state index contributed by atoms with van der Waals surface area (Å²) < 4.78 is 0. The van der Waals surface area contributed by atoms with Crippen molar-refractivity contribution in [2.45, 2.75) is 52.4 Å². The Balaban J connectivity index is 2.83. The summed E-state index contributed by atoms with van der Waals surface area (Å²) in [6.45, 7) is 4.22. The Kier molecular flexibility index (Phi) is 8.40. The standard InChI is InChI=1S/C17H26N2O/c1-3-4-5-6-9-12-16-14-17(19-20)13-10-7-8-11-15(2)18-16/h7-8,10-11,13-14,19-20H,3-6,9,12H2,1-2H3. The average Bonchev–Trinajstić information content (AvgIpc) is 2.45. The molecule has 1 aromatic rings. The molecule has 0 amide bonds. The van der Waals surface area contributed by atoms with Gasteiger partial charge in [0.25, 0.3) is 0 Å². The van der Waals surface area contributed by atoms with Crippen LogP contribution < -0.4 is 5.48 Å². The Labute approximate surface area is 122 Å². The van der Waals surface area contributed by atoms with E-state index in [1.807, 2.05) is 43.3 Å². The Bertz CT molecular complexity index is 445. The van der Waals surface area contributed by atoms with Gasteiger partial charge in [0.05, 0.1) is 5.69 Å². The number of aromatic nitrogens is 1.